The van der Waals surface area contributed by atoms with Crippen molar-refractivity contribution in [3.05, 3.63) is 24.3 Å². The van der Waals surface area contributed by atoms with Gasteiger partial charge in [-0.05, 0) is 26.0 Å². The average molecular weight is 277 g/mol. The summed E-state index contributed by atoms with van der Waals surface area (Å²) in [6.07, 6.45) is -4.42. The number of ether oxygens (including phenoxy) is 2. The molecule has 0 saturated carbocycles. The Balaban J connectivity index is 2.73. The van der Waals surface area contributed by atoms with E-state index in [1.165, 1.54) is 6.07 Å². The Morgan fingerprint density at radius 2 is 1.84 bits per heavy atom. The Bertz CT molecular complexity index is 396. The maximum atomic E-state index is 12.2. The minimum absolute atomic E-state index is 0.0550. The van der Waals surface area contributed by atoms with Crippen LogP contribution in [0.3, 0.4) is 0 Å². The summed E-state index contributed by atoms with van der Waals surface area (Å²) >= 11 is 0. The average Bonchev–Trinajstić information content (AvgIpc) is 2.35. The number of halogens is 3. The summed E-state index contributed by atoms with van der Waals surface area (Å²) in [6, 6.07) is 6.47. The largest absolute Gasteiger partial charge is 0.482 e. The first-order valence-electron chi connectivity index (χ1n) is 5.91. The summed E-state index contributed by atoms with van der Waals surface area (Å²) in [7, 11) is 1.58. The molecule has 0 saturated heterocycles. The molecule has 0 bridgehead atoms. The summed E-state index contributed by atoms with van der Waals surface area (Å²) in [5.41, 5.74) is 0.517. The molecule has 0 radical (unpaired) electrons. The highest BCUT2D eigenvalue weighted by Gasteiger charge is 2.28. The number of hydrogen-bond acceptors (Lipinski definition) is 3. The number of para-hydroxylation sites is 2. The molecule has 1 rings (SSSR count). The number of hydrogen-bond donors (Lipinski definition) is 1. The van der Waals surface area contributed by atoms with E-state index in [2.05, 4.69) is 5.32 Å². The second-order valence-electron chi connectivity index (χ2n) is 4.27. The molecule has 0 amide bonds. The molecule has 0 aliphatic rings. The Morgan fingerprint density at radius 3 is 2.42 bits per heavy atom. The molecule has 2 unspecified atom stereocenters. The molecule has 108 valence electrons. The van der Waals surface area contributed by atoms with Gasteiger partial charge in [0.25, 0.3) is 0 Å². The summed E-state index contributed by atoms with van der Waals surface area (Å²) in [6.45, 7) is 2.45. The normalized spacial score (nSPS) is 14.8. The van der Waals surface area contributed by atoms with Crippen molar-refractivity contribution in [3.8, 4) is 5.75 Å². The van der Waals surface area contributed by atoms with Gasteiger partial charge in [0.15, 0.2) is 6.61 Å². The Kier molecular flexibility index (Phi) is 5.47. The van der Waals surface area contributed by atoms with E-state index in [0.717, 1.165) is 0 Å². The molecule has 1 aromatic carbocycles. The first-order valence-corrected chi connectivity index (χ1v) is 5.91. The van der Waals surface area contributed by atoms with Crippen LogP contribution in [0.15, 0.2) is 24.3 Å². The summed E-state index contributed by atoms with van der Waals surface area (Å²) in [4.78, 5) is 0. The maximum Gasteiger partial charge on any atom is 0.422 e. The maximum absolute atomic E-state index is 12.2. The van der Waals surface area contributed by atoms with Gasteiger partial charge in [-0.2, -0.15) is 13.2 Å². The van der Waals surface area contributed by atoms with Crippen molar-refractivity contribution in [1.29, 1.82) is 0 Å². The van der Waals surface area contributed by atoms with Gasteiger partial charge in [-0.15, -0.1) is 0 Å². The highest BCUT2D eigenvalue weighted by molar-refractivity contribution is 5.56. The second-order valence-corrected chi connectivity index (χ2v) is 4.27. The summed E-state index contributed by atoms with van der Waals surface area (Å²) < 4.78 is 46.4. The van der Waals surface area contributed by atoms with E-state index >= 15 is 0 Å². The van der Waals surface area contributed by atoms with Crippen LogP contribution in [-0.2, 0) is 4.74 Å². The molecule has 0 spiro atoms. The Morgan fingerprint density at radius 1 is 1.21 bits per heavy atom. The Hall–Kier alpha value is -1.43. The molecular weight excluding hydrogens is 259 g/mol. The van der Waals surface area contributed by atoms with Crippen molar-refractivity contribution < 1.29 is 22.6 Å². The van der Waals surface area contributed by atoms with E-state index in [9.17, 15) is 13.2 Å². The van der Waals surface area contributed by atoms with Crippen LogP contribution in [0.1, 0.15) is 13.8 Å². The molecular formula is C13H18F3NO2. The van der Waals surface area contributed by atoms with E-state index in [1.807, 2.05) is 13.8 Å². The highest BCUT2D eigenvalue weighted by Crippen LogP contribution is 2.27. The fraction of sp³-hybridized carbons (Fsp3) is 0.538. The molecule has 0 aliphatic heterocycles. The zero-order valence-corrected chi connectivity index (χ0v) is 11.1. The van der Waals surface area contributed by atoms with Crippen LogP contribution >= 0.6 is 0 Å². The topological polar surface area (TPSA) is 30.5 Å². The number of methoxy groups -OCH3 is 1. The van der Waals surface area contributed by atoms with Crippen LogP contribution in [0.4, 0.5) is 18.9 Å². The zero-order valence-electron chi connectivity index (χ0n) is 11.1. The lowest BCUT2D eigenvalue weighted by atomic mass is 10.2. The van der Waals surface area contributed by atoms with Gasteiger partial charge >= 0.3 is 6.18 Å². The number of benzene rings is 1. The van der Waals surface area contributed by atoms with Crippen LogP contribution in [0.5, 0.6) is 5.75 Å². The summed E-state index contributed by atoms with van der Waals surface area (Å²) in [5, 5.41) is 3.08. The molecule has 0 aromatic heterocycles. The van der Waals surface area contributed by atoms with Crippen molar-refractivity contribution in [2.24, 2.45) is 0 Å². The molecule has 1 aromatic rings. The molecule has 3 nitrogen and oxygen atoms in total. The summed E-state index contributed by atoms with van der Waals surface area (Å²) in [5.74, 6) is 0.176. The monoisotopic (exact) mass is 277 g/mol. The quantitative estimate of drug-likeness (QED) is 0.863. The van der Waals surface area contributed by atoms with Crippen molar-refractivity contribution in [2.75, 3.05) is 19.0 Å². The van der Waals surface area contributed by atoms with Crippen LogP contribution in [-0.4, -0.2) is 32.0 Å². The van der Waals surface area contributed by atoms with Crippen LogP contribution in [0.25, 0.3) is 0 Å². The first-order chi connectivity index (χ1) is 8.83. The van der Waals surface area contributed by atoms with Gasteiger partial charge in [-0.25, -0.2) is 0 Å². The molecule has 0 aliphatic carbocycles. The molecule has 0 heterocycles. The molecule has 19 heavy (non-hydrogen) atoms. The second kappa shape index (κ2) is 6.65. The standard InChI is InChI=1S/C13H18F3NO2/c1-9(10(2)18-3)17-11-6-4-5-7-12(11)19-8-13(14,15)16/h4-7,9-10,17H,8H2,1-3H3. The minimum Gasteiger partial charge on any atom is -0.482 e. The van der Waals surface area contributed by atoms with Gasteiger partial charge < -0.3 is 14.8 Å². The van der Waals surface area contributed by atoms with Crippen LogP contribution in [0.2, 0.25) is 0 Å². The van der Waals surface area contributed by atoms with E-state index < -0.39 is 12.8 Å². The van der Waals surface area contributed by atoms with Gasteiger partial charge in [0.2, 0.25) is 0 Å². The smallest absolute Gasteiger partial charge is 0.422 e. The van der Waals surface area contributed by atoms with Crippen molar-refractivity contribution >= 4 is 5.69 Å². The lowest BCUT2D eigenvalue weighted by Gasteiger charge is -2.22. The Labute approximate surface area is 110 Å². The first kappa shape index (κ1) is 15.6. The van der Waals surface area contributed by atoms with Crippen molar-refractivity contribution in [1.82, 2.24) is 0 Å². The van der Waals surface area contributed by atoms with Crippen LogP contribution < -0.4 is 10.1 Å². The molecule has 0 fully saturated rings. The SMILES string of the molecule is COC(C)C(C)Nc1ccccc1OCC(F)(F)F. The van der Waals surface area contributed by atoms with Crippen molar-refractivity contribution in [3.63, 3.8) is 0 Å². The zero-order chi connectivity index (χ0) is 14.5. The number of nitrogens with one attached hydrogen (secondary N) is 1. The van der Waals surface area contributed by atoms with E-state index in [-0.39, 0.29) is 17.9 Å². The lowest BCUT2D eigenvalue weighted by Crippen LogP contribution is -2.30. The molecule has 1 N–H and O–H groups in total. The van der Waals surface area contributed by atoms with Gasteiger partial charge in [-0.1, -0.05) is 12.1 Å². The number of rotatable bonds is 6. The van der Waals surface area contributed by atoms with Gasteiger partial charge in [0, 0.05) is 13.2 Å². The van der Waals surface area contributed by atoms with E-state index in [1.54, 1.807) is 25.3 Å². The van der Waals surface area contributed by atoms with Gasteiger partial charge in [0.1, 0.15) is 5.75 Å². The third kappa shape index (κ3) is 5.38. The van der Waals surface area contributed by atoms with Gasteiger partial charge in [-0.3, -0.25) is 0 Å². The molecule has 6 heteroatoms. The fourth-order valence-electron chi connectivity index (χ4n) is 1.44. The lowest BCUT2D eigenvalue weighted by molar-refractivity contribution is -0.153. The molecule has 2 atom stereocenters. The third-order valence-corrected chi connectivity index (χ3v) is 2.74. The third-order valence-electron chi connectivity index (χ3n) is 2.74. The highest BCUT2D eigenvalue weighted by atomic mass is 19.4. The predicted molar refractivity (Wildman–Crippen MR) is 67.5 cm³/mol. The number of anilines is 1. The van der Waals surface area contributed by atoms with Crippen molar-refractivity contribution in [2.45, 2.75) is 32.2 Å². The minimum atomic E-state index is -4.35. The fourth-order valence-corrected chi connectivity index (χ4v) is 1.44. The van der Waals surface area contributed by atoms with E-state index in [4.69, 9.17) is 9.47 Å². The van der Waals surface area contributed by atoms with Gasteiger partial charge in [0.05, 0.1) is 11.8 Å². The number of alkyl halides is 3. The predicted octanol–water partition coefficient (Wildman–Crippen LogP) is 3.46. The van der Waals surface area contributed by atoms with Crippen LogP contribution in [0, 0.1) is 0 Å². The van der Waals surface area contributed by atoms with E-state index in [0.29, 0.717) is 5.69 Å².